The van der Waals surface area contributed by atoms with Gasteiger partial charge in [0.05, 0.1) is 19.9 Å². The Kier molecular flexibility index (Phi) is 4.49. The number of nitrogens with one attached hydrogen (secondary N) is 1. The van der Waals surface area contributed by atoms with E-state index in [2.05, 4.69) is 5.32 Å². The van der Waals surface area contributed by atoms with E-state index in [1.165, 1.54) is 0 Å². The third kappa shape index (κ3) is 3.42. The standard InChI is InChI=1S/C15H22N2O3/c1-19-11-5-6-13(20-2)12(9-11)17-14(18)10-15(16)7-3-4-8-15/h5-6,9H,3-4,7-8,10,16H2,1-2H3,(H,17,18). The van der Waals surface area contributed by atoms with Gasteiger partial charge in [0.15, 0.2) is 0 Å². The Hall–Kier alpha value is -1.75. The number of hydrogen-bond donors (Lipinski definition) is 2. The van der Waals surface area contributed by atoms with Crippen LogP contribution in [0.25, 0.3) is 0 Å². The van der Waals surface area contributed by atoms with E-state index in [0.717, 1.165) is 25.7 Å². The van der Waals surface area contributed by atoms with Gasteiger partial charge in [-0.15, -0.1) is 0 Å². The summed E-state index contributed by atoms with van der Waals surface area (Å²) in [4.78, 5) is 12.2. The molecule has 1 saturated carbocycles. The van der Waals surface area contributed by atoms with Crippen molar-refractivity contribution in [1.29, 1.82) is 0 Å². The van der Waals surface area contributed by atoms with Gasteiger partial charge in [-0.2, -0.15) is 0 Å². The van der Waals surface area contributed by atoms with Gasteiger partial charge in [-0.05, 0) is 25.0 Å². The van der Waals surface area contributed by atoms with Crippen molar-refractivity contribution in [1.82, 2.24) is 0 Å². The van der Waals surface area contributed by atoms with Crippen LogP contribution in [0.5, 0.6) is 11.5 Å². The van der Waals surface area contributed by atoms with Gasteiger partial charge in [0.25, 0.3) is 0 Å². The molecule has 0 heterocycles. The number of rotatable bonds is 5. The third-order valence-corrected chi connectivity index (χ3v) is 3.79. The van der Waals surface area contributed by atoms with E-state index in [1.54, 1.807) is 32.4 Å². The Morgan fingerprint density at radius 3 is 2.60 bits per heavy atom. The smallest absolute Gasteiger partial charge is 0.226 e. The van der Waals surface area contributed by atoms with Crippen molar-refractivity contribution < 1.29 is 14.3 Å². The topological polar surface area (TPSA) is 73.6 Å². The highest BCUT2D eigenvalue weighted by molar-refractivity contribution is 5.93. The highest BCUT2D eigenvalue weighted by Gasteiger charge is 2.31. The lowest BCUT2D eigenvalue weighted by Gasteiger charge is -2.23. The lowest BCUT2D eigenvalue weighted by Crippen LogP contribution is -2.40. The van der Waals surface area contributed by atoms with E-state index < -0.39 is 0 Å². The summed E-state index contributed by atoms with van der Waals surface area (Å²) in [5.41, 5.74) is 6.48. The summed E-state index contributed by atoms with van der Waals surface area (Å²) < 4.78 is 10.4. The van der Waals surface area contributed by atoms with Crippen LogP contribution >= 0.6 is 0 Å². The highest BCUT2D eigenvalue weighted by Crippen LogP contribution is 2.32. The molecule has 2 rings (SSSR count). The van der Waals surface area contributed by atoms with Crippen LogP contribution in [-0.2, 0) is 4.79 Å². The van der Waals surface area contributed by atoms with Gasteiger partial charge < -0.3 is 20.5 Å². The van der Waals surface area contributed by atoms with Crippen LogP contribution in [0.2, 0.25) is 0 Å². The van der Waals surface area contributed by atoms with E-state index >= 15 is 0 Å². The summed E-state index contributed by atoms with van der Waals surface area (Å²) in [7, 11) is 3.15. The number of nitrogens with two attached hydrogens (primary N) is 1. The van der Waals surface area contributed by atoms with Gasteiger partial charge in [0.1, 0.15) is 11.5 Å². The van der Waals surface area contributed by atoms with E-state index in [1.807, 2.05) is 0 Å². The molecule has 1 aliphatic rings. The van der Waals surface area contributed by atoms with E-state index in [9.17, 15) is 4.79 Å². The molecule has 0 aliphatic heterocycles. The fourth-order valence-electron chi connectivity index (χ4n) is 2.68. The van der Waals surface area contributed by atoms with E-state index in [-0.39, 0.29) is 11.4 Å². The molecule has 110 valence electrons. The molecule has 5 nitrogen and oxygen atoms in total. The van der Waals surface area contributed by atoms with Crippen molar-refractivity contribution in [3.63, 3.8) is 0 Å². The SMILES string of the molecule is COc1ccc(OC)c(NC(=O)CC2(N)CCCC2)c1. The maximum atomic E-state index is 12.2. The average Bonchev–Trinajstić information content (AvgIpc) is 2.84. The summed E-state index contributed by atoms with van der Waals surface area (Å²) in [6.07, 6.45) is 4.37. The second kappa shape index (κ2) is 6.13. The molecule has 0 spiro atoms. The minimum absolute atomic E-state index is 0.0825. The largest absolute Gasteiger partial charge is 0.497 e. The minimum atomic E-state index is -0.351. The predicted octanol–water partition coefficient (Wildman–Crippen LogP) is 2.30. The van der Waals surface area contributed by atoms with Crippen LogP contribution in [-0.4, -0.2) is 25.7 Å². The summed E-state index contributed by atoms with van der Waals surface area (Å²) >= 11 is 0. The van der Waals surface area contributed by atoms with Crippen molar-refractivity contribution >= 4 is 11.6 Å². The van der Waals surface area contributed by atoms with Crippen molar-refractivity contribution in [2.45, 2.75) is 37.6 Å². The van der Waals surface area contributed by atoms with Crippen LogP contribution in [0.3, 0.4) is 0 Å². The fourth-order valence-corrected chi connectivity index (χ4v) is 2.68. The fraction of sp³-hybridized carbons (Fsp3) is 0.533. The molecule has 0 radical (unpaired) electrons. The van der Waals surface area contributed by atoms with E-state index in [0.29, 0.717) is 23.6 Å². The first-order chi connectivity index (χ1) is 9.56. The highest BCUT2D eigenvalue weighted by atomic mass is 16.5. The second-order valence-electron chi connectivity index (χ2n) is 5.36. The second-order valence-corrected chi connectivity index (χ2v) is 5.36. The number of carbonyl (C=O) groups excluding carboxylic acids is 1. The Labute approximate surface area is 119 Å². The number of hydrogen-bond acceptors (Lipinski definition) is 4. The zero-order valence-electron chi connectivity index (χ0n) is 12.1. The first-order valence-electron chi connectivity index (χ1n) is 6.87. The lowest BCUT2D eigenvalue weighted by atomic mass is 9.94. The molecular weight excluding hydrogens is 256 g/mol. The van der Waals surface area contributed by atoms with Crippen molar-refractivity contribution in [2.75, 3.05) is 19.5 Å². The van der Waals surface area contributed by atoms with Crippen molar-refractivity contribution in [2.24, 2.45) is 5.73 Å². The molecule has 20 heavy (non-hydrogen) atoms. The van der Waals surface area contributed by atoms with Gasteiger partial charge in [0, 0.05) is 18.0 Å². The molecule has 1 aliphatic carbocycles. The van der Waals surface area contributed by atoms with Gasteiger partial charge in [0.2, 0.25) is 5.91 Å². The monoisotopic (exact) mass is 278 g/mol. The van der Waals surface area contributed by atoms with Crippen LogP contribution < -0.4 is 20.5 Å². The minimum Gasteiger partial charge on any atom is -0.497 e. The van der Waals surface area contributed by atoms with Gasteiger partial charge in [-0.1, -0.05) is 12.8 Å². The molecule has 5 heteroatoms. The number of ether oxygens (including phenoxy) is 2. The maximum Gasteiger partial charge on any atom is 0.226 e. The van der Waals surface area contributed by atoms with Crippen LogP contribution in [0.1, 0.15) is 32.1 Å². The number of amides is 1. The molecule has 0 bridgehead atoms. The van der Waals surface area contributed by atoms with E-state index in [4.69, 9.17) is 15.2 Å². The Bertz CT molecular complexity index is 482. The first kappa shape index (κ1) is 14.7. The maximum absolute atomic E-state index is 12.2. The summed E-state index contributed by atoms with van der Waals surface area (Å²) in [5, 5.41) is 2.86. The summed E-state index contributed by atoms with van der Waals surface area (Å²) in [6.45, 7) is 0. The summed E-state index contributed by atoms with van der Waals surface area (Å²) in [5.74, 6) is 1.20. The van der Waals surface area contributed by atoms with Crippen LogP contribution in [0, 0.1) is 0 Å². The Balaban J connectivity index is 2.06. The summed E-state index contributed by atoms with van der Waals surface area (Å²) in [6, 6.07) is 5.30. The molecule has 0 unspecified atom stereocenters. The zero-order valence-corrected chi connectivity index (χ0v) is 12.1. The molecule has 1 amide bonds. The van der Waals surface area contributed by atoms with Crippen LogP contribution in [0.4, 0.5) is 5.69 Å². The lowest BCUT2D eigenvalue weighted by molar-refractivity contribution is -0.117. The first-order valence-corrected chi connectivity index (χ1v) is 6.87. The Morgan fingerprint density at radius 1 is 1.30 bits per heavy atom. The molecule has 1 aromatic rings. The van der Waals surface area contributed by atoms with Crippen LogP contribution in [0.15, 0.2) is 18.2 Å². The predicted molar refractivity (Wildman–Crippen MR) is 78.2 cm³/mol. The van der Waals surface area contributed by atoms with Gasteiger partial charge >= 0.3 is 0 Å². The number of carbonyl (C=O) groups is 1. The number of anilines is 1. The number of methoxy groups -OCH3 is 2. The quantitative estimate of drug-likeness (QED) is 0.866. The van der Waals surface area contributed by atoms with Gasteiger partial charge in [-0.25, -0.2) is 0 Å². The Morgan fingerprint density at radius 2 is 2.00 bits per heavy atom. The van der Waals surface area contributed by atoms with Gasteiger partial charge in [-0.3, -0.25) is 4.79 Å². The molecule has 1 fully saturated rings. The molecule has 0 atom stereocenters. The normalized spacial score (nSPS) is 16.8. The molecule has 3 N–H and O–H groups in total. The van der Waals surface area contributed by atoms with Crippen molar-refractivity contribution in [3.05, 3.63) is 18.2 Å². The molecule has 0 aromatic heterocycles. The average molecular weight is 278 g/mol. The number of benzene rings is 1. The molecule has 0 saturated heterocycles. The molecular formula is C15H22N2O3. The zero-order chi connectivity index (χ0) is 14.6. The molecule has 1 aromatic carbocycles. The van der Waals surface area contributed by atoms with Crippen molar-refractivity contribution in [3.8, 4) is 11.5 Å². The third-order valence-electron chi connectivity index (χ3n) is 3.79.